The van der Waals surface area contributed by atoms with E-state index < -0.39 is 51.1 Å². The number of carbonyl (C=O) groups excluding carboxylic acids is 3. The first-order valence-corrected chi connectivity index (χ1v) is 10.5. The van der Waals surface area contributed by atoms with Crippen molar-refractivity contribution in [3.05, 3.63) is 113 Å². The van der Waals surface area contributed by atoms with E-state index in [4.69, 9.17) is 23.2 Å². The van der Waals surface area contributed by atoms with Gasteiger partial charge in [-0.25, -0.2) is 5.01 Å². The van der Waals surface area contributed by atoms with Gasteiger partial charge in [0.05, 0.1) is 22.0 Å². The molecule has 0 atom stereocenters. The second kappa shape index (κ2) is 9.12. The number of hydrogen-bond acceptors (Lipinski definition) is 7. The smallest absolute Gasteiger partial charge is 0.267 e. The lowest BCUT2D eigenvalue weighted by atomic mass is 10.1. The van der Waals surface area contributed by atoms with Crippen molar-refractivity contribution in [2.24, 2.45) is 0 Å². The van der Waals surface area contributed by atoms with E-state index in [0.717, 1.165) is 17.1 Å². The highest BCUT2D eigenvalue weighted by Gasteiger charge is 2.45. The summed E-state index contributed by atoms with van der Waals surface area (Å²) in [6, 6.07) is 12.6. The second-order valence-electron chi connectivity index (χ2n) is 7.28. The van der Waals surface area contributed by atoms with Crippen molar-refractivity contribution >= 4 is 52.3 Å². The van der Waals surface area contributed by atoms with Crippen LogP contribution in [0.5, 0.6) is 0 Å². The number of carbonyl (C=O) groups is 3. The van der Waals surface area contributed by atoms with E-state index in [-0.39, 0.29) is 16.1 Å². The van der Waals surface area contributed by atoms with Crippen LogP contribution in [0, 0.1) is 20.2 Å². The molecule has 0 unspecified atom stereocenters. The van der Waals surface area contributed by atoms with Gasteiger partial charge in [-0.15, -0.1) is 0 Å². The minimum absolute atomic E-state index is 0.122. The van der Waals surface area contributed by atoms with Crippen LogP contribution in [0.3, 0.4) is 0 Å². The van der Waals surface area contributed by atoms with Gasteiger partial charge in [0.25, 0.3) is 29.1 Å². The molecule has 0 N–H and O–H groups in total. The zero-order valence-electron chi connectivity index (χ0n) is 17.4. The predicted octanol–water partition coefficient (Wildman–Crippen LogP) is 4.66. The summed E-state index contributed by atoms with van der Waals surface area (Å²) in [7, 11) is 0. The van der Waals surface area contributed by atoms with Gasteiger partial charge < -0.3 is 0 Å². The molecular formula is C22H12Cl2N4O7. The fourth-order valence-electron chi connectivity index (χ4n) is 3.57. The average molecular weight is 515 g/mol. The van der Waals surface area contributed by atoms with Gasteiger partial charge in [0.15, 0.2) is 0 Å². The third-order valence-electron chi connectivity index (χ3n) is 5.18. The van der Waals surface area contributed by atoms with Crippen molar-refractivity contribution in [3.8, 4) is 0 Å². The fourth-order valence-corrected chi connectivity index (χ4v) is 4.04. The third-order valence-corrected chi connectivity index (χ3v) is 5.77. The van der Waals surface area contributed by atoms with Gasteiger partial charge in [-0.3, -0.25) is 34.6 Å². The summed E-state index contributed by atoms with van der Waals surface area (Å²) < 4.78 is 0. The number of fused-ring (bicyclic) bond motifs is 1. The fraction of sp³-hybridized carbons (Fsp3) is 0.0455. The van der Waals surface area contributed by atoms with E-state index in [1.807, 2.05) is 0 Å². The number of nitro groups is 2. The van der Waals surface area contributed by atoms with Crippen molar-refractivity contribution < 1.29 is 24.2 Å². The minimum atomic E-state index is -1.10. The Hall–Kier alpha value is -4.35. The largest absolute Gasteiger partial charge is 0.287 e. The van der Waals surface area contributed by atoms with Crippen LogP contribution in [0.15, 0.2) is 60.7 Å². The van der Waals surface area contributed by atoms with E-state index in [1.165, 1.54) is 48.5 Å². The molecule has 4 rings (SSSR count). The van der Waals surface area contributed by atoms with E-state index in [0.29, 0.717) is 15.6 Å². The second-order valence-corrected chi connectivity index (χ2v) is 8.13. The number of imide groups is 1. The number of benzene rings is 3. The topological polar surface area (TPSA) is 144 Å². The van der Waals surface area contributed by atoms with Gasteiger partial charge in [0.1, 0.15) is 5.56 Å². The van der Waals surface area contributed by atoms with Crippen LogP contribution in [0.4, 0.5) is 11.4 Å². The molecule has 176 valence electrons. The van der Waals surface area contributed by atoms with E-state index in [9.17, 15) is 34.6 Å². The molecule has 0 aliphatic carbocycles. The Labute approximate surface area is 206 Å². The van der Waals surface area contributed by atoms with Crippen molar-refractivity contribution in [1.29, 1.82) is 0 Å². The summed E-state index contributed by atoms with van der Waals surface area (Å²) in [5.74, 6) is -3.02. The molecule has 3 aromatic rings. The van der Waals surface area contributed by atoms with E-state index in [1.54, 1.807) is 0 Å². The molecule has 0 saturated carbocycles. The molecule has 13 heteroatoms. The summed E-state index contributed by atoms with van der Waals surface area (Å²) in [4.78, 5) is 61.1. The van der Waals surface area contributed by atoms with Gasteiger partial charge in [-0.1, -0.05) is 41.4 Å². The molecule has 3 aromatic carbocycles. The summed E-state index contributed by atoms with van der Waals surface area (Å²) >= 11 is 12.2. The van der Waals surface area contributed by atoms with Crippen molar-refractivity contribution in [3.63, 3.8) is 0 Å². The molecule has 0 saturated heterocycles. The molecule has 1 aliphatic heterocycles. The Balaban J connectivity index is 1.84. The molecule has 1 heterocycles. The average Bonchev–Trinajstić information content (AvgIpc) is 3.08. The third kappa shape index (κ3) is 4.29. The van der Waals surface area contributed by atoms with E-state index in [2.05, 4.69) is 0 Å². The van der Waals surface area contributed by atoms with Crippen molar-refractivity contribution in [1.82, 2.24) is 10.0 Å². The Morgan fingerprint density at radius 2 is 1.63 bits per heavy atom. The SMILES string of the molecule is O=C(c1cccc([N+](=O)[O-])c1)N(Cc1ccc(Cl)cc1Cl)N1C(=O)c2cccc([N+](=O)[O-])c2C1=O. The molecule has 0 fully saturated rings. The monoisotopic (exact) mass is 514 g/mol. The molecule has 0 bridgehead atoms. The molecule has 11 nitrogen and oxygen atoms in total. The van der Waals surface area contributed by atoms with Gasteiger partial charge in [0, 0.05) is 33.8 Å². The molecule has 0 aromatic heterocycles. The summed E-state index contributed by atoms with van der Waals surface area (Å²) in [5.41, 5.74) is -1.63. The molecule has 35 heavy (non-hydrogen) atoms. The summed E-state index contributed by atoms with van der Waals surface area (Å²) in [6.07, 6.45) is 0. The van der Waals surface area contributed by atoms with Crippen molar-refractivity contribution in [2.45, 2.75) is 6.54 Å². The van der Waals surface area contributed by atoms with Gasteiger partial charge >= 0.3 is 0 Å². The first-order chi connectivity index (χ1) is 16.6. The normalized spacial score (nSPS) is 12.5. The van der Waals surface area contributed by atoms with Crippen LogP contribution in [0.2, 0.25) is 10.0 Å². The first kappa shape index (κ1) is 23.8. The molecule has 0 spiro atoms. The summed E-state index contributed by atoms with van der Waals surface area (Å²) in [6.45, 7) is -0.420. The molecule has 0 radical (unpaired) electrons. The lowest BCUT2D eigenvalue weighted by Crippen LogP contribution is -2.49. The first-order valence-electron chi connectivity index (χ1n) is 9.76. The maximum Gasteiger partial charge on any atom is 0.287 e. The number of amides is 3. The maximum absolute atomic E-state index is 13.5. The highest BCUT2D eigenvalue weighted by molar-refractivity contribution is 6.35. The highest BCUT2D eigenvalue weighted by atomic mass is 35.5. The number of rotatable bonds is 6. The number of nitrogens with zero attached hydrogens (tertiary/aromatic N) is 4. The number of hydrazine groups is 1. The number of nitro benzene ring substituents is 2. The summed E-state index contributed by atoms with van der Waals surface area (Å²) in [5, 5.41) is 24.3. The Kier molecular flexibility index (Phi) is 6.20. The molecule has 3 amide bonds. The van der Waals surface area contributed by atoms with E-state index >= 15 is 0 Å². The van der Waals surface area contributed by atoms with Crippen LogP contribution < -0.4 is 0 Å². The number of halogens is 2. The Morgan fingerprint density at radius 3 is 2.29 bits per heavy atom. The lowest BCUT2D eigenvalue weighted by Gasteiger charge is -2.30. The predicted molar refractivity (Wildman–Crippen MR) is 123 cm³/mol. The molecular weight excluding hydrogens is 503 g/mol. The van der Waals surface area contributed by atoms with Crippen molar-refractivity contribution in [2.75, 3.05) is 0 Å². The molecule has 1 aliphatic rings. The zero-order chi connectivity index (χ0) is 25.4. The quantitative estimate of drug-likeness (QED) is 0.264. The van der Waals surface area contributed by atoms with Crippen LogP contribution in [0.25, 0.3) is 0 Å². The van der Waals surface area contributed by atoms with Crippen LogP contribution in [-0.2, 0) is 6.54 Å². The maximum atomic E-state index is 13.5. The number of hydrogen-bond donors (Lipinski definition) is 0. The van der Waals surface area contributed by atoms with Crippen LogP contribution >= 0.6 is 23.2 Å². The zero-order valence-corrected chi connectivity index (χ0v) is 18.9. The minimum Gasteiger partial charge on any atom is -0.267 e. The standard InChI is InChI=1S/C22H12Cl2N4O7/c23-14-8-7-13(17(24)10-14)11-25(20(29)12-3-1-4-15(9-12)27(32)33)26-21(30)16-5-2-6-18(28(34)35)19(16)22(26)31/h1-10H,11H2. The Morgan fingerprint density at radius 1 is 0.914 bits per heavy atom. The highest BCUT2D eigenvalue weighted by Crippen LogP contribution is 2.33. The Bertz CT molecular complexity index is 1440. The van der Waals surface area contributed by atoms with Gasteiger partial charge in [0.2, 0.25) is 0 Å². The lowest BCUT2D eigenvalue weighted by molar-refractivity contribution is -0.385. The van der Waals surface area contributed by atoms with Crippen LogP contribution in [0.1, 0.15) is 36.6 Å². The van der Waals surface area contributed by atoms with Gasteiger partial charge in [-0.2, -0.15) is 5.01 Å². The van der Waals surface area contributed by atoms with Crippen LogP contribution in [-0.4, -0.2) is 37.6 Å². The van der Waals surface area contributed by atoms with Gasteiger partial charge in [-0.05, 0) is 29.8 Å². The number of non-ortho nitro benzene ring substituents is 1.